The Morgan fingerprint density at radius 3 is 2.52 bits per heavy atom. The van der Waals surface area contributed by atoms with E-state index in [-0.39, 0.29) is 6.10 Å². The molecule has 2 fully saturated rings. The molecule has 0 bridgehead atoms. The number of aromatic nitrogens is 6. The predicted molar refractivity (Wildman–Crippen MR) is 166 cm³/mol. The van der Waals surface area contributed by atoms with Gasteiger partial charge >= 0.3 is 0 Å². The average molecular weight is 596 g/mol. The second-order valence-electron chi connectivity index (χ2n) is 11.1. The third kappa shape index (κ3) is 6.88. The number of nitriles is 1. The summed E-state index contributed by atoms with van der Waals surface area (Å²) in [6.45, 7) is 8.90. The molecule has 4 aromatic rings. The minimum Gasteiger partial charge on any atom is -0.494 e. The molecule has 228 valence electrons. The molecule has 0 aliphatic carbocycles. The lowest BCUT2D eigenvalue weighted by atomic mass is 10.0. The van der Waals surface area contributed by atoms with E-state index < -0.39 is 0 Å². The highest BCUT2D eigenvalue weighted by Gasteiger charge is 2.26. The fraction of sp³-hybridized carbons (Fsp3) is 0.419. The quantitative estimate of drug-likeness (QED) is 0.278. The van der Waals surface area contributed by atoms with Crippen molar-refractivity contribution in [3.63, 3.8) is 0 Å². The summed E-state index contributed by atoms with van der Waals surface area (Å²) in [5, 5.41) is 27.5. The fourth-order valence-electron chi connectivity index (χ4n) is 5.85. The monoisotopic (exact) mass is 595 g/mol. The van der Waals surface area contributed by atoms with Crippen LogP contribution in [0.2, 0.25) is 0 Å². The van der Waals surface area contributed by atoms with Crippen molar-refractivity contribution in [3.8, 4) is 28.7 Å². The van der Waals surface area contributed by atoms with Crippen LogP contribution in [0.3, 0.4) is 0 Å². The van der Waals surface area contributed by atoms with Crippen molar-refractivity contribution in [2.45, 2.75) is 38.5 Å². The van der Waals surface area contributed by atoms with Gasteiger partial charge in [0.2, 0.25) is 5.95 Å². The van der Waals surface area contributed by atoms with Crippen LogP contribution < -0.4 is 25.0 Å². The van der Waals surface area contributed by atoms with E-state index in [0.717, 1.165) is 67.5 Å². The highest BCUT2D eigenvalue weighted by atomic mass is 16.5. The highest BCUT2D eigenvalue weighted by Crippen LogP contribution is 2.33. The second kappa shape index (κ2) is 13.7. The number of rotatable bonds is 10. The minimum absolute atomic E-state index is 0.255. The Morgan fingerprint density at radius 2 is 1.82 bits per heavy atom. The van der Waals surface area contributed by atoms with Crippen LogP contribution in [0, 0.1) is 11.3 Å². The number of nitrogens with zero attached hydrogens (tertiary/aromatic N) is 9. The first-order valence-electron chi connectivity index (χ1n) is 15.0. The molecule has 2 aliphatic heterocycles. The first kappa shape index (κ1) is 29.3. The van der Waals surface area contributed by atoms with E-state index in [1.807, 2.05) is 25.1 Å². The largest absolute Gasteiger partial charge is 0.494 e. The number of piperazine rings is 1. The SMILES string of the molecule is COc1cc(N2CCC(N3CCNCC3)CC2)ccc1Nc1ncc(-c2ccc(C#N)c(OC(C)Cn3cnnn3)c2)cn1. The van der Waals surface area contributed by atoms with E-state index in [9.17, 15) is 5.26 Å². The number of methoxy groups -OCH3 is 1. The van der Waals surface area contributed by atoms with Crippen molar-refractivity contribution in [2.75, 3.05) is 56.6 Å². The summed E-state index contributed by atoms with van der Waals surface area (Å²) in [4.78, 5) is 14.2. The third-order valence-corrected chi connectivity index (χ3v) is 8.18. The predicted octanol–water partition coefficient (Wildman–Crippen LogP) is 3.10. The molecule has 4 heterocycles. The van der Waals surface area contributed by atoms with Crippen LogP contribution in [0.5, 0.6) is 11.5 Å². The van der Waals surface area contributed by atoms with E-state index in [1.165, 1.54) is 19.2 Å². The van der Waals surface area contributed by atoms with Gasteiger partial charge in [0.1, 0.15) is 30.0 Å². The number of benzene rings is 2. The zero-order valence-corrected chi connectivity index (χ0v) is 25.1. The summed E-state index contributed by atoms with van der Waals surface area (Å²) in [5.74, 6) is 1.67. The molecule has 0 spiro atoms. The summed E-state index contributed by atoms with van der Waals surface area (Å²) < 4.78 is 13.4. The molecule has 2 aromatic carbocycles. The minimum atomic E-state index is -0.255. The number of hydrogen-bond acceptors (Lipinski definition) is 12. The lowest BCUT2D eigenvalue weighted by molar-refractivity contribution is 0.150. The van der Waals surface area contributed by atoms with Gasteiger partial charge < -0.3 is 25.0 Å². The van der Waals surface area contributed by atoms with Crippen LogP contribution in [0.1, 0.15) is 25.3 Å². The van der Waals surface area contributed by atoms with Crippen LogP contribution in [0.15, 0.2) is 55.1 Å². The molecule has 13 heteroatoms. The Kier molecular flexibility index (Phi) is 9.09. The third-order valence-electron chi connectivity index (χ3n) is 8.18. The average Bonchev–Trinajstić information content (AvgIpc) is 3.58. The van der Waals surface area contributed by atoms with Gasteiger partial charge in [0.15, 0.2) is 0 Å². The van der Waals surface area contributed by atoms with Crippen LogP contribution in [0.25, 0.3) is 11.1 Å². The number of hydrogen-bond donors (Lipinski definition) is 2. The smallest absolute Gasteiger partial charge is 0.227 e. The first-order valence-corrected chi connectivity index (χ1v) is 15.0. The number of anilines is 3. The summed E-state index contributed by atoms with van der Waals surface area (Å²) in [5.41, 5.74) is 4.03. The Labute approximate surface area is 256 Å². The van der Waals surface area contributed by atoms with Gasteiger partial charge in [-0.05, 0) is 60.0 Å². The Balaban J connectivity index is 1.10. The molecule has 1 atom stereocenters. The lowest BCUT2D eigenvalue weighted by Crippen LogP contribution is -2.52. The van der Waals surface area contributed by atoms with Gasteiger partial charge in [-0.1, -0.05) is 6.07 Å². The zero-order valence-electron chi connectivity index (χ0n) is 25.1. The maximum Gasteiger partial charge on any atom is 0.227 e. The van der Waals surface area contributed by atoms with E-state index in [4.69, 9.17) is 9.47 Å². The maximum atomic E-state index is 9.60. The van der Waals surface area contributed by atoms with Crippen molar-refractivity contribution in [3.05, 3.63) is 60.7 Å². The molecule has 2 aliphatic rings. The van der Waals surface area contributed by atoms with Crippen LogP contribution in [-0.4, -0.2) is 93.6 Å². The normalized spacial score (nSPS) is 16.7. The number of nitrogens with one attached hydrogen (secondary N) is 2. The lowest BCUT2D eigenvalue weighted by Gasteiger charge is -2.41. The summed E-state index contributed by atoms with van der Waals surface area (Å²) >= 11 is 0. The Hall–Kier alpha value is -4.80. The van der Waals surface area contributed by atoms with Gasteiger partial charge in [0, 0.05) is 75.0 Å². The van der Waals surface area contributed by atoms with Gasteiger partial charge in [-0.25, -0.2) is 14.6 Å². The molecule has 13 nitrogen and oxygen atoms in total. The van der Waals surface area contributed by atoms with Crippen LogP contribution in [-0.2, 0) is 6.54 Å². The topological polar surface area (TPSA) is 142 Å². The fourth-order valence-corrected chi connectivity index (χ4v) is 5.85. The molecule has 2 saturated heterocycles. The number of ether oxygens (including phenoxy) is 2. The van der Waals surface area contributed by atoms with Gasteiger partial charge in [0.05, 0.1) is 24.9 Å². The van der Waals surface area contributed by atoms with Crippen LogP contribution >= 0.6 is 0 Å². The van der Waals surface area contributed by atoms with Crippen molar-refractivity contribution < 1.29 is 9.47 Å². The second-order valence-corrected chi connectivity index (χ2v) is 11.1. The first-order chi connectivity index (χ1) is 21.6. The van der Waals surface area contributed by atoms with Gasteiger partial charge in [-0.3, -0.25) is 4.90 Å². The molecular weight excluding hydrogens is 558 g/mol. The molecule has 44 heavy (non-hydrogen) atoms. The van der Waals surface area contributed by atoms with Crippen molar-refractivity contribution >= 4 is 17.3 Å². The summed E-state index contributed by atoms with van der Waals surface area (Å²) in [6, 6.07) is 14.5. The number of tetrazole rings is 1. The molecule has 2 N–H and O–H groups in total. The molecule has 0 saturated carbocycles. The molecule has 0 radical (unpaired) electrons. The van der Waals surface area contributed by atoms with E-state index in [0.29, 0.717) is 29.8 Å². The van der Waals surface area contributed by atoms with Crippen LogP contribution in [0.4, 0.5) is 17.3 Å². The van der Waals surface area contributed by atoms with Gasteiger partial charge in [-0.15, -0.1) is 5.10 Å². The van der Waals surface area contributed by atoms with Gasteiger partial charge in [0.25, 0.3) is 0 Å². The summed E-state index contributed by atoms with van der Waals surface area (Å²) in [7, 11) is 1.68. The standard InChI is InChI=1S/C31H37N11O2/c1-22(20-42-21-36-38-39-42)44-29-15-23(3-4-24(29)17-32)25-18-34-31(35-19-25)37-28-6-5-27(16-30(28)43-2)40-11-7-26(8-12-40)41-13-9-33-10-14-41/h3-6,15-16,18-19,21-22,26,33H,7-14,20H2,1-2H3,(H,34,35,37). The number of piperidine rings is 1. The van der Waals surface area contributed by atoms with E-state index in [1.54, 1.807) is 30.3 Å². The summed E-state index contributed by atoms with van der Waals surface area (Å²) in [6.07, 6.45) is 7.11. The zero-order chi connectivity index (χ0) is 30.3. The highest BCUT2D eigenvalue weighted by molar-refractivity contribution is 5.70. The molecule has 1 unspecified atom stereocenters. The molecule has 2 aromatic heterocycles. The van der Waals surface area contributed by atoms with Crippen molar-refractivity contribution in [1.82, 2.24) is 40.4 Å². The van der Waals surface area contributed by atoms with Crippen molar-refractivity contribution in [1.29, 1.82) is 5.26 Å². The Bertz CT molecular complexity index is 1560. The van der Waals surface area contributed by atoms with E-state index in [2.05, 4.69) is 64.1 Å². The maximum absolute atomic E-state index is 9.60. The molecule has 0 amide bonds. The Morgan fingerprint density at radius 1 is 1.02 bits per heavy atom. The van der Waals surface area contributed by atoms with Gasteiger partial charge in [-0.2, -0.15) is 5.26 Å². The van der Waals surface area contributed by atoms with Crippen molar-refractivity contribution in [2.24, 2.45) is 0 Å². The molecule has 6 rings (SSSR count). The molecular formula is C31H37N11O2. The van der Waals surface area contributed by atoms with E-state index >= 15 is 0 Å².